The summed E-state index contributed by atoms with van der Waals surface area (Å²) in [5, 5.41) is 3.69. The molecule has 3 atom stereocenters. The summed E-state index contributed by atoms with van der Waals surface area (Å²) in [4.78, 5) is 4.56. The molecule has 0 radical (unpaired) electrons. The third-order valence-corrected chi connectivity index (χ3v) is 4.50. The van der Waals surface area contributed by atoms with E-state index in [0.29, 0.717) is 0 Å². The maximum atomic E-state index is 5.29. The first kappa shape index (κ1) is 12.0. The van der Waals surface area contributed by atoms with Gasteiger partial charge in [0.2, 0.25) is 0 Å². The van der Waals surface area contributed by atoms with E-state index >= 15 is 0 Å². The Morgan fingerprint density at radius 3 is 2.89 bits per heavy atom. The van der Waals surface area contributed by atoms with E-state index < -0.39 is 0 Å². The van der Waals surface area contributed by atoms with Gasteiger partial charge in [-0.05, 0) is 38.0 Å². The van der Waals surface area contributed by atoms with Crippen molar-refractivity contribution in [2.24, 2.45) is 11.8 Å². The quantitative estimate of drug-likeness (QED) is 0.887. The smallest absolute Gasteiger partial charge is 0.122 e. The van der Waals surface area contributed by atoms with Crippen molar-refractivity contribution in [1.82, 2.24) is 10.3 Å². The maximum absolute atomic E-state index is 5.29. The zero-order chi connectivity index (χ0) is 12.5. The average molecular weight is 246 g/mol. The monoisotopic (exact) mass is 246 g/mol. The molecule has 3 unspecified atom stereocenters. The molecule has 2 aliphatic rings. The Labute approximate surface area is 109 Å². The highest BCUT2D eigenvalue weighted by molar-refractivity contribution is 5.26. The molecule has 3 nitrogen and oxygen atoms in total. The highest BCUT2D eigenvalue weighted by Gasteiger charge is 2.38. The van der Waals surface area contributed by atoms with Crippen LogP contribution in [0.4, 0.5) is 0 Å². The Balaban J connectivity index is 1.61. The van der Waals surface area contributed by atoms with Gasteiger partial charge in [-0.1, -0.05) is 6.42 Å². The van der Waals surface area contributed by atoms with Crippen molar-refractivity contribution in [3.05, 3.63) is 23.5 Å². The van der Waals surface area contributed by atoms with Gasteiger partial charge in [-0.15, -0.1) is 0 Å². The Morgan fingerprint density at radius 1 is 1.33 bits per heavy atom. The van der Waals surface area contributed by atoms with Crippen LogP contribution in [-0.2, 0) is 6.54 Å². The van der Waals surface area contributed by atoms with Gasteiger partial charge in [0.1, 0.15) is 5.75 Å². The molecule has 1 N–H and O–H groups in total. The first-order valence-electron chi connectivity index (χ1n) is 6.99. The lowest BCUT2D eigenvalue weighted by atomic mass is 9.95. The number of hydrogen-bond acceptors (Lipinski definition) is 3. The van der Waals surface area contributed by atoms with Gasteiger partial charge in [0, 0.05) is 30.4 Å². The van der Waals surface area contributed by atoms with Crippen molar-refractivity contribution in [2.75, 3.05) is 7.11 Å². The number of methoxy groups -OCH3 is 1. The molecule has 3 rings (SSSR count). The number of aryl methyl sites for hydroxylation is 1. The van der Waals surface area contributed by atoms with Crippen LogP contribution in [0.15, 0.2) is 12.1 Å². The van der Waals surface area contributed by atoms with Crippen LogP contribution in [0.1, 0.15) is 37.1 Å². The summed E-state index contributed by atoms with van der Waals surface area (Å²) >= 11 is 0. The zero-order valence-electron chi connectivity index (χ0n) is 11.3. The van der Waals surface area contributed by atoms with Crippen LogP contribution in [0.5, 0.6) is 5.75 Å². The predicted octanol–water partition coefficient (Wildman–Crippen LogP) is 2.68. The van der Waals surface area contributed by atoms with Crippen LogP contribution in [0.25, 0.3) is 0 Å². The predicted molar refractivity (Wildman–Crippen MR) is 71.6 cm³/mol. The lowest BCUT2D eigenvalue weighted by molar-refractivity contribution is 0.348. The van der Waals surface area contributed by atoms with Crippen LogP contribution < -0.4 is 10.1 Å². The molecule has 2 bridgehead atoms. The second-order valence-corrected chi connectivity index (χ2v) is 5.80. The molecule has 18 heavy (non-hydrogen) atoms. The Bertz CT molecular complexity index is 433. The van der Waals surface area contributed by atoms with E-state index in [1.54, 1.807) is 7.11 Å². The first-order valence-corrected chi connectivity index (χ1v) is 6.99. The van der Waals surface area contributed by atoms with Gasteiger partial charge in [0.25, 0.3) is 0 Å². The minimum Gasteiger partial charge on any atom is -0.497 e. The number of hydrogen-bond donors (Lipinski definition) is 1. The molecule has 1 heterocycles. The molecule has 0 spiro atoms. The molecule has 2 saturated carbocycles. The summed E-state index contributed by atoms with van der Waals surface area (Å²) in [6.45, 7) is 2.88. The Kier molecular flexibility index (Phi) is 3.25. The third-order valence-electron chi connectivity index (χ3n) is 4.50. The van der Waals surface area contributed by atoms with E-state index in [0.717, 1.165) is 41.6 Å². The SMILES string of the molecule is COc1cc(C)nc(CNC2CC3CCC2C3)c1. The van der Waals surface area contributed by atoms with Gasteiger partial charge in [-0.2, -0.15) is 0 Å². The molecule has 3 heteroatoms. The van der Waals surface area contributed by atoms with Crippen LogP contribution in [0, 0.1) is 18.8 Å². The lowest BCUT2D eigenvalue weighted by Gasteiger charge is -2.22. The minimum absolute atomic E-state index is 0.719. The fraction of sp³-hybridized carbons (Fsp3) is 0.667. The number of pyridine rings is 1. The largest absolute Gasteiger partial charge is 0.497 e. The van der Waals surface area contributed by atoms with Crippen LogP contribution in [0.2, 0.25) is 0 Å². The van der Waals surface area contributed by atoms with Crippen LogP contribution in [-0.4, -0.2) is 18.1 Å². The van der Waals surface area contributed by atoms with E-state index in [-0.39, 0.29) is 0 Å². The van der Waals surface area contributed by atoms with Crippen LogP contribution in [0.3, 0.4) is 0 Å². The fourth-order valence-electron chi connectivity index (χ4n) is 3.64. The van der Waals surface area contributed by atoms with Gasteiger partial charge in [0.15, 0.2) is 0 Å². The van der Waals surface area contributed by atoms with Crippen molar-refractivity contribution in [3.8, 4) is 5.75 Å². The van der Waals surface area contributed by atoms with Crippen molar-refractivity contribution in [3.63, 3.8) is 0 Å². The molecule has 0 aromatic carbocycles. The van der Waals surface area contributed by atoms with Crippen molar-refractivity contribution in [1.29, 1.82) is 0 Å². The Morgan fingerprint density at radius 2 is 2.22 bits per heavy atom. The number of fused-ring (bicyclic) bond motifs is 2. The molecule has 1 aromatic rings. The van der Waals surface area contributed by atoms with E-state index in [1.807, 2.05) is 19.1 Å². The third kappa shape index (κ3) is 2.37. The van der Waals surface area contributed by atoms with Gasteiger partial charge < -0.3 is 10.1 Å². The summed E-state index contributed by atoms with van der Waals surface area (Å²) in [6.07, 6.45) is 5.70. The minimum atomic E-state index is 0.719. The van der Waals surface area contributed by atoms with Crippen molar-refractivity contribution < 1.29 is 4.74 Å². The van der Waals surface area contributed by atoms with Crippen molar-refractivity contribution in [2.45, 2.75) is 45.2 Å². The summed E-state index contributed by atoms with van der Waals surface area (Å²) in [6, 6.07) is 4.73. The van der Waals surface area contributed by atoms with Gasteiger partial charge in [-0.3, -0.25) is 4.98 Å². The summed E-state index contributed by atoms with van der Waals surface area (Å²) in [7, 11) is 1.71. The highest BCUT2D eigenvalue weighted by Crippen LogP contribution is 2.44. The second kappa shape index (κ2) is 4.88. The molecule has 2 fully saturated rings. The number of rotatable bonds is 4. The standard InChI is InChI=1S/C15H22N2O/c1-10-5-14(18-2)8-13(17-10)9-16-15-7-11-3-4-12(15)6-11/h5,8,11-12,15-16H,3-4,6-7,9H2,1-2H3. The maximum Gasteiger partial charge on any atom is 0.122 e. The highest BCUT2D eigenvalue weighted by atomic mass is 16.5. The second-order valence-electron chi connectivity index (χ2n) is 5.80. The molecule has 98 valence electrons. The summed E-state index contributed by atoms with van der Waals surface area (Å²) in [5.74, 6) is 2.82. The van der Waals surface area contributed by atoms with Gasteiger partial charge in [-0.25, -0.2) is 0 Å². The first-order chi connectivity index (χ1) is 8.74. The van der Waals surface area contributed by atoms with E-state index in [9.17, 15) is 0 Å². The molecule has 1 aromatic heterocycles. The van der Waals surface area contributed by atoms with E-state index in [1.165, 1.54) is 25.7 Å². The van der Waals surface area contributed by atoms with Crippen LogP contribution >= 0.6 is 0 Å². The molecule has 0 saturated heterocycles. The normalized spacial score (nSPS) is 29.8. The van der Waals surface area contributed by atoms with E-state index in [4.69, 9.17) is 4.74 Å². The van der Waals surface area contributed by atoms with E-state index in [2.05, 4.69) is 10.3 Å². The lowest BCUT2D eigenvalue weighted by Crippen LogP contribution is -2.33. The van der Waals surface area contributed by atoms with Gasteiger partial charge >= 0.3 is 0 Å². The summed E-state index contributed by atoms with van der Waals surface area (Å²) < 4.78 is 5.29. The molecule has 0 aliphatic heterocycles. The number of nitrogens with zero attached hydrogens (tertiary/aromatic N) is 1. The molecular formula is C15H22N2O. The molecule has 2 aliphatic carbocycles. The summed E-state index contributed by atoms with van der Waals surface area (Å²) in [5.41, 5.74) is 2.12. The Hall–Kier alpha value is -1.09. The topological polar surface area (TPSA) is 34.1 Å². The molecule has 0 amide bonds. The fourth-order valence-corrected chi connectivity index (χ4v) is 3.64. The molecular weight excluding hydrogens is 224 g/mol. The average Bonchev–Trinajstić information content (AvgIpc) is 2.97. The zero-order valence-corrected chi connectivity index (χ0v) is 11.3. The van der Waals surface area contributed by atoms with Crippen molar-refractivity contribution >= 4 is 0 Å². The number of nitrogens with one attached hydrogen (secondary N) is 1. The number of ether oxygens (including phenoxy) is 1. The van der Waals surface area contributed by atoms with Gasteiger partial charge in [0.05, 0.1) is 12.8 Å². The number of aromatic nitrogens is 1.